The molecule has 0 saturated heterocycles. The van der Waals surface area contributed by atoms with Gasteiger partial charge in [-0.05, 0) is 31.8 Å². The number of aromatic nitrogens is 1. The van der Waals surface area contributed by atoms with Crippen LogP contribution in [-0.4, -0.2) is 36.4 Å². The molecule has 0 radical (unpaired) electrons. The highest BCUT2D eigenvalue weighted by molar-refractivity contribution is 5.95. The molecule has 4 nitrogen and oxygen atoms in total. The van der Waals surface area contributed by atoms with Crippen molar-refractivity contribution in [2.45, 2.75) is 6.04 Å². The number of para-hydroxylation sites is 1. The highest BCUT2D eigenvalue weighted by Gasteiger charge is 2.14. The van der Waals surface area contributed by atoms with Crippen LogP contribution in [0.25, 0.3) is 17.0 Å². The molecular formula is C22H23N3O. The summed E-state index contributed by atoms with van der Waals surface area (Å²) >= 11 is 0. The van der Waals surface area contributed by atoms with Crippen molar-refractivity contribution in [2.75, 3.05) is 20.6 Å². The molecule has 0 saturated carbocycles. The molecule has 0 fully saturated rings. The van der Waals surface area contributed by atoms with Crippen molar-refractivity contribution >= 4 is 22.9 Å². The molecule has 0 bridgehead atoms. The van der Waals surface area contributed by atoms with E-state index < -0.39 is 0 Å². The first kappa shape index (κ1) is 17.8. The molecular weight excluding hydrogens is 322 g/mol. The number of carbonyl (C=O) groups excluding carboxylic acids is 1. The lowest BCUT2D eigenvalue weighted by atomic mass is 10.1. The van der Waals surface area contributed by atoms with E-state index >= 15 is 0 Å². The van der Waals surface area contributed by atoms with E-state index in [0.717, 1.165) is 28.6 Å². The summed E-state index contributed by atoms with van der Waals surface area (Å²) in [5, 5.41) is 4.16. The maximum absolute atomic E-state index is 12.5. The Morgan fingerprint density at radius 2 is 1.85 bits per heavy atom. The quantitative estimate of drug-likeness (QED) is 0.694. The Hall–Kier alpha value is -2.98. The summed E-state index contributed by atoms with van der Waals surface area (Å²) in [6.07, 6.45) is 5.17. The van der Waals surface area contributed by atoms with Crippen LogP contribution in [0, 0.1) is 0 Å². The second kappa shape index (κ2) is 8.41. The predicted octanol–water partition coefficient (Wildman–Crippen LogP) is 3.67. The third kappa shape index (κ3) is 4.55. The zero-order valence-corrected chi connectivity index (χ0v) is 15.1. The lowest BCUT2D eigenvalue weighted by molar-refractivity contribution is -0.117. The molecule has 1 amide bonds. The Morgan fingerprint density at radius 1 is 1.08 bits per heavy atom. The normalized spacial score (nSPS) is 12.6. The van der Waals surface area contributed by atoms with Gasteiger partial charge in [0, 0.05) is 29.8 Å². The van der Waals surface area contributed by atoms with Crippen molar-refractivity contribution in [2.24, 2.45) is 0 Å². The maximum Gasteiger partial charge on any atom is 0.244 e. The Bertz CT molecular complexity index is 898. The fraction of sp³-hybridized carbons (Fsp3) is 0.182. The number of pyridine rings is 1. The molecule has 1 N–H and O–H groups in total. The molecule has 2 aromatic carbocycles. The summed E-state index contributed by atoms with van der Waals surface area (Å²) in [5.41, 5.74) is 2.92. The van der Waals surface area contributed by atoms with Gasteiger partial charge in [-0.15, -0.1) is 0 Å². The van der Waals surface area contributed by atoms with E-state index in [1.54, 1.807) is 12.3 Å². The minimum Gasteiger partial charge on any atom is -0.344 e. The molecule has 1 heterocycles. The van der Waals surface area contributed by atoms with E-state index in [9.17, 15) is 4.79 Å². The molecule has 0 unspecified atom stereocenters. The average Bonchev–Trinajstić information content (AvgIpc) is 2.66. The number of amides is 1. The Balaban J connectivity index is 1.76. The standard InChI is InChI=1S/C22H23N3O/c1-25(2)16-20(17-8-4-3-5-9-17)24-21(26)14-13-19-11-6-10-18-12-7-15-23-22(18)19/h3-15,20H,16H2,1-2H3,(H,24,26)/b14-13+/t20-/m0/s1. The minimum atomic E-state index is -0.117. The number of benzene rings is 2. The van der Waals surface area contributed by atoms with Gasteiger partial charge in [0.2, 0.25) is 5.91 Å². The van der Waals surface area contributed by atoms with Crippen molar-refractivity contribution in [1.29, 1.82) is 0 Å². The van der Waals surface area contributed by atoms with Gasteiger partial charge in [-0.1, -0.05) is 54.6 Å². The zero-order chi connectivity index (χ0) is 18.4. The summed E-state index contributed by atoms with van der Waals surface area (Å²) in [6, 6.07) is 19.8. The van der Waals surface area contributed by atoms with Crippen molar-refractivity contribution in [3.05, 3.63) is 84.1 Å². The van der Waals surface area contributed by atoms with Crippen LogP contribution in [0.2, 0.25) is 0 Å². The lowest BCUT2D eigenvalue weighted by Crippen LogP contribution is -2.34. The number of likely N-dealkylation sites (N-methyl/N-ethyl adjacent to an activating group) is 1. The van der Waals surface area contributed by atoms with Crippen LogP contribution in [0.1, 0.15) is 17.2 Å². The van der Waals surface area contributed by atoms with E-state index in [4.69, 9.17) is 0 Å². The molecule has 0 aliphatic rings. The van der Waals surface area contributed by atoms with E-state index in [0.29, 0.717) is 0 Å². The van der Waals surface area contributed by atoms with Gasteiger partial charge in [0.05, 0.1) is 11.6 Å². The Morgan fingerprint density at radius 3 is 2.62 bits per heavy atom. The van der Waals surface area contributed by atoms with Crippen molar-refractivity contribution in [3.63, 3.8) is 0 Å². The Kier molecular flexibility index (Phi) is 5.77. The summed E-state index contributed by atoms with van der Waals surface area (Å²) in [6.45, 7) is 0.736. The SMILES string of the molecule is CN(C)C[C@H](NC(=O)/C=C/c1cccc2cccnc12)c1ccccc1. The third-order valence-corrected chi connectivity index (χ3v) is 4.14. The van der Waals surface area contributed by atoms with Crippen LogP contribution in [-0.2, 0) is 4.79 Å². The van der Waals surface area contributed by atoms with Crippen molar-refractivity contribution < 1.29 is 4.79 Å². The minimum absolute atomic E-state index is 0.0611. The van der Waals surface area contributed by atoms with Crippen LogP contribution in [0.15, 0.2) is 72.9 Å². The molecule has 3 rings (SSSR count). The van der Waals surface area contributed by atoms with Crippen LogP contribution >= 0.6 is 0 Å². The fourth-order valence-corrected chi connectivity index (χ4v) is 2.93. The van der Waals surface area contributed by atoms with Gasteiger partial charge in [0.15, 0.2) is 0 Å². The van der Waals surface area contributed by atoms with Crippen LogP contribution in [0.5, 0.6) is 0 Å². The fourth-order valence-electron chi connectivity index (χ4n) is 2.93. The van der Waals surface area contributed by atoms with Gasteiger partial charge in [-0.3, -0.25) is 9.78 Å². The average molecular weight is 345 g/mol. The second-order valence-electron chi connectivity index (χ2n) is 6.49. The first-order valence-corrected chi connectivity index (χ1v) is 8.65. The lowest BCUT2D eigenvalue weighted by Gasteiger charge is -2.22. The number of nitrogens with one attached hydrogen (secondary N) is 1. The molecule has 1 aromatic heterocycles. The highest BCUT2D eigenvalue weighted by atomic mass is 16.1. The van der Waals surface area contributed by atoms with Crippen molar-refractivity contribution in [1.82, 2.24) is 15.2 Å². The smallest absolute Gasteiger partial charge is 0.244 e. The monoisotopic (exact) mass is 345 g/mol. The summed E-state index contributed by atoms with van der Waals surface area (Å²) in [5.74, 6) is -0.117. The van der Waals surface area contributed by atoms with Gasteiger partial charge in [0.1, 0.15) is 0 Å². The van der Waals surface area contributed by atoms with Crippen molar-refractivity contribution in [3.8, 4) is 0 Å². The molecule has 0 aliphatic heterocycles. The summed E-state index contributed by atoms with van der Waals surface area (Å²) in [4.78, 5) is 19.0. The second-order valence-corrected chi connectivity index (χ2v) is 6.49. The maximum atomic E-state index is 12.5. The number of fused-ring (bicyclic) bond motifs is 1. The largest absolute Gasteiger partial charge is 0.344 e. The number of nitrogens with zero attached hydrogens (tertiary/aromatic N) is 2. The summed E-state index contributed by atoms with van der Waals surface area (Å²) in [7, 11) is 4.00. The van der Waals surface area contributed by atoms with E-state index in [1.165, 1.54) is 0 Å². The Labute approximate surface area is 154 Å². The van der Waals surface area contributed by atoms with Gasteiger partial charge in [0.25, 0.3) is 0 Å². The molecule has 132 valence electrons. The first-order valence-electron chi connectivity index (χ1n) is 8.65. The van der Waals surface area contributed by atoms with Gasteiger partial charge >= 0.3 is 0 Å². The number of carbonyl (C=O) groups is 1. The molecule has 1 atom stereocenters. The molecule has 4 heteroatoms. The van der Waals surface area contributed by atoms with Gasteiger partial charge in [-0.2, -0.15) is 0 Å². The molecule has 3 aromatic rings. The van der Waals surface area contributed by atoms with E-state index in [-0.39, 0.29) is 11.9 Å². The molecule has 26 heavy (non-hydrogen) atoms. The topological polar surface area (TPSA) is 45.2 Å². The molecule has 0 aliphatic carbocycles. The number of hydrogen-bond acceptors (Lipinski definition) is 3. The van der Waals surface area contributed by atoms with Crippen LogP contribution < -0.4 is 5.32 Å². The summed E-state index contributed by atoms with van der Waals surface area (Å²) < 4.78 is 0. The number of hydrogen-bond donors (Lipinski definition) is 1. The van der Waals surface area contributed by atoms with Crippen LogP contribution in [0.3, 0.4) is 0 Å². The van der Waals surface area contributed by atoms with Gasteiger partial charge in [-0.25, -0.2) is 0 Å². The van der Waals surface area contributed by atoms with Gasteiger partial charge < -0.3 is 10.2 Å². The highest BCUT2D eigenvalue weighted by Crippen LogP contribution is 2.17. The van der Waals surface area contributed by atoms with E-state index in [2.05, 4.69) is 15.2 Å². The zero-order valence-electron chi connectivity index (χ0n) is 15.1. The first-order chi connectivity index (χ1) is 12.6. The van der Waals surface area contributed by atoms with Crippen LogP contribution in [0.4, 0.5) is 0 Å². The number of rotatable bonds is 6. The molecule has 0 spiro atoms. The third-order valence-electron chi connectivity index (χ3n) is 4.14. The van der Waals surface area contributed by atoms with E-state index in [1.807, 2.05) is 80.8 Å². The predicted molar refractivity (Wildman–Crippen MR) is 107 cm³/mol.